The van der Waals surface area contributed by atoms with Gasteiger partial charge in [-0.1, -0.05) is 62.4 Å². The molecule has 2 aromatic rings. The van der Waals surface area contributed by atoms with Crippen molar-refractivity contribution in [2.24, 2.45) is 0 Å². The molecule has 2 aromatic carbocycles. The Bertz CT molecular complexity index is 1090. The molecule has 0 bridgehead atoms. The molecular weight excluding hydrogens is 438 g/mol. The van der Waals surface area contributed by atoms with E-state index in [-0.39, 0.29) is 22.8 Å². The van der Waals surface area contributed by atoms with Crippen molar-refractivity contribution in [2.75, 3.05) is 5.32 Å². The Morgan fingerprint density at radius 3 is 2.36 bits per heavy atom. The van der Waals surface area contributed by atoms with Gasteiger partial charge in [-0.15, -0.1) is 0 Å². The van der Waals surface area contributed by atoms with Crippen molar-refractivity contribution in [3.8, 4) is 0 Å². The van der Waals surface area contributed by atoms with Gasteiger partial charge in [0.15, 0.2) is 0 Å². The Labute approximate surface area is 195 Å². The molecule has 3 N–H and O–H groups in total. The van der Waals surface area contributed by atoms with E-state index in [4.69, 9.17) is 0 Å². The third kappa shape index (κ3) is 6.00. The van der Waals surface area contributed by atoms with Crippen LogP contribution in [0.4, 0.5) is 5.69 Å². The third-order valence-electron chi connectivity index (χ3n) is 6.40. The Balaban J connectivity index is 1.56. The quantitative estimate of drug-likeness (QED) is 0.598. The Kier molecular flexibility index (Phi) is 7.45. The van der Waals surface area contributed by atoms with E-state index in [1.54, 1.807) is 36.4 Å². The number of aryl methyl sites for hydroxylation is 1. The van der Waals surface area contributed by atoms with Crippen LogP contribution in [0.1, 0.15) is 68.5 Å². The number of anilines is 1. The van der Waals surface area contributed by atoms with Gasteiger partial charge in [0.25, 0.3) is 0 Å². The highest BCUT2D eigenvalue weighted by Crippen LogP contribution is 2.27. The van der Waals surface area contributed by atoms with E-state index < -0.39 is 16.1 Å². The molecule has 176 valence electrons. The molecule has 7 nitrogen and oxygen atoms in total. The normalized spacial score (nSPS) is 18.4. The van der Waals surface area contributed by atoms with Crippen molar-refractivity contribution in [3.05, 3.63) is 59.7 Å². The molecule has 1 fully saturated rings. The summed E-state index contributed by atoms with van der Waals surface area (Å²) in [5, 5.41) is 5.86. The molecule has 0 spiro atoms. The molecule has 1 saturated carbocycles. The van der Waals surface area contributed by atoms with Crippen LogP contribution in [0.3, 0.4) is 0 Å². The van der Waals surface area contributed by atoms with Crippen LogP contribution >= 0.6 is 0 Å². The van der Waals surface area contributed by atoms with Gasteiger partial charge in [0, 0.05) is 18.2 Å². The Morgan fingerprint density at radius 2 is 1.64 bits per heavy atom. The average molecular weight is 470 g/mol. The van der Waals surface area contributed by atoms with Gasteiger partial charge in [0.1, 0.15) is 6.04 Å². The van der Waals surface area contributed by atoms with Crippen LogP contribution in [0.2, 0.25) is 0 Å². The van der Waals surface area contributed by atoms with Gasteiger partial charge < -0.3 is 10.6 Å². The maximum Gasteiger partial charge on any atom is 0.242 e. The molecule has 0 aromatic heterocycles. The first-order valence-electron chi connectivity index (χ1n) is 11.7. The van der Waals surface area contributed by atoms with Crippen molar-refractivity contribution < 1.29 is 18.0 Å². The fraction of sp³-hybridized carbons (Fsp3) is 0.440. The second-order valence-electron chi connectivity index (χ2n) is 8.88. The predicted molar refractivity (Wildman–Crippen MR) is 127 cm³/mol. The fourth-order valence-corrected chi connectivity index (χ4v) is 5.79. The lowest BCUT2D eigenvalue weighted by Crippen LogP contribution is -2.44. The van der Waals surface area contributed by atoms with Gasteiger partial charge in [-0.05, 0) is 48.6 Å². The summed E-state index contributed by atoms with van der Waals surface area (Å²) in [6.45, 7) is 0. The van der Waals surface area contributed by atoms with Crippen LogP contribution < -0.4 is 15.4 Å². The molecule has 1 atom stereocenters. The van der Waals surface area contributed by atoms with Gasteiger partial charge in [0.2, 0.25) is 21.8 Å². The number of carbonyl (C=O) groups excluding carboxylic acids is 2. The van der Waals surface area contributed by atoms with Crippen LogP contribution in [-0.2, 0) is 26.0 Å². The SMILES string of the molecule is O=C1CCc2cc(S(=O)(=O)NC(C(=O)NC3CCCCCCC3)c3ccccc3)ccc2N1. The number of nitrogens with one attached hydrogen (secondary N) is 3. The van der Waals surface area contributed by atoms with Gasteiger partial charge in [-0.25, -0.2) is 8.42 Å². The van der Waals surface area contributed by atoms with Crippen molar-refractivity contribution in [3.63, 3.8) is 0 Å². The lowest BCUT2D eigenvalue weighted by molar-refractivity contribution is -0.123. The average Bonchev–Trinajstić information content (AvgIpc) is 2.79. The van der Waals surface area contributed by atoms with Gasteiger partial charge in [-0.2, -0.15) is 4.72 Å². The predicted octanol–water partition coefficient (Wildman–Crippen LogP) is 3.82. The summed E-state index contributed by atoms with van der Waals surface area (Å²) < 4.78 is 29.2. The van der Waals surface area contributed by atoms with Crippen LogP contribution in [0.25, 0.3) is 0 Å². The minimum Gasteiger partial charge on any atom is -0.352 e. The minimum absolute atomic E-state index is 0.0564. The second kappa shape index (κ2) is 10.5. The first-order chi connectivity index (χ1) is 15.9. The summed E-state index contributed by atoms with van der Waals surface area (Å²) in [6, 6.07) is 12.6. The van der Waals surface area contributed by atoms with Crippen molar-refractivity contribution in [1.29, 1.82) is 0 Å². The van der Waals surface area contributed by atoms with Crippen LogP contribution in [-0.4, -0.2) is 26.3 Å². The zero-order chi connectivity index (χ0) is 23.3. The fourth-order valence-electron chi connectivity index (χ4n) is 4.55. The summed E-state index contributed by atoms with van der Waals surface area (Å²) >= 11 is 0. The number of sulfonamides is 1. The van der Waals surface area contributed by atoms with E-state index in [1.807, 2.05) is 6.07 Å². The first-order valence-corrected chi connectivity index (χ1v) is 13.2. The molecule has 8 heteroatoms. The maximum atomic E-state index is 13.3. The van der Waals surface area contributed by atoms with Gasteiger partial charge in [0.05, 0.1) is 4.90 Å². The topological polar surface area (TPSA) is 104 Å². The van der Waals surface area contributed by atoms with Gasteiger partial charge in [-0.3, -0.25) is 9.59 Å². The number of carbonyl (C=O) groups is 2. The number of amides is 2. The molecule has 1 aliphatic carbocycles. The smallest absolute Gasteiger partial charge is 0.242 e. The largest absolute Gasteiger partial charge is 0.352 e. The van der Waals surface area contributed by atoms with Crippen LogP contribution in [0, 0.1) is 0 Å². The minimum atomic E-state index is -3.98. The monoisotopic (exact) mass is 469 g/mol. The molecule has 0 saturated heterocycles. The van der Waals surface area contributed by atoms with E-state index in [1.165, 1.54) is 25.3 Å². The molecule has 4 rings (SSSR count). The first kappa shape index (κ1) is 23.4. The van der Waals surface area contributed by atoms with Crippen molar-refractivity contribution in [2.45, 2.75) is 74.8 Å². The summed E-state index contributed by atoms with van der Waals surface area (Å²) in [5.41, 5.74) is 1.99. The Morgan fingerprint density at radius 1 is 0.939 bits per heavy atom. The second-order valence-corrected chi connectivity index (χ2v) is 10.6. The standard InChI is InChI=1S/C25H31N3O4S/c29-23-16-13-19-17-21(14-15-22(19)27-23)33(31,32)28-24(18-9-5-4-6-10-18)25(30)26-20-11-7-2-1-3-8-12-20/h4-6,9-10,14-15,17,20,24,28H,1-3,7-8,11-13,16H2,(H,26,30)(H,27,29). The van der Waals surface area contributed by atoms with E-state index in [0.29, 0.717) is 24.1 Å². The molecular formula is C25H31N3O4S. The number of fused-ring (bicyclic) bond motifs is 1. The van der Waals surface area contributed by atoms with Crippen LogP contribution in [0.15, 0.2) is 53.4 Å². The number of hydrogen-bond acceptors (Lipinski definition) is 4. The third-order valence-corrected chi connectivity index (χ3v) is 7.82. The van der Waals surface area contributed by atoms with E-state index in [9.17, 15) is 18.0 Å². The highest BCUT2D eigenvalue weighted by molar-refractivity contribution is 7.89. The lowest BCUT2D eigenvalue weighted by atomic mass is 9.96. The number of benzene rings is 2. The number of hydrogen-bond donors (Lipinski definition) is 3. The van der Waals surface area contributed by atoms with E-state index >= 15 is 0 Å². The molecule has 2 amide bonds. The summed E-state index contributed by atoms with van der Waals surface area (Å²) in [4.78, 5) is 25.0. The summed E-state index contributed by atoms with van der Waals surface area (Å²) in [6.07, 6.45) is 8.33. The van der Waals surface area contributed by atoms with Crippen molar-refractivity contribution in [1.82, 2.24) is 10.0 Å². The zero-order valence-electron chi connectivity index (χ0n) is 18.7. The van der Waals surface area contributed by atoms with Crippen LogP contribution in [0.5, 0.6) is 0 Å². The molecule has 33 heavy (non-hydrogen) atoms. The molecule has 1 heterocycles. The molecule has 0 radical (unpaired) electrons. The molecule has 1 aliphatic heterocycles. The van der Waals surface area contributed by atoms with E-state index in [0.717, 1.165) is 31.2 Å². The van der Waals surface area contributed by atoms with Gasteiger partial charge >= 0.3 is 0 Å². The summed E-state index contributed by atoms with van der Waals surface area (Å²) in [5.74, 6) is -0.410. The Hall–Kier alpha value is -2.71. The maximum absolute atomic E-state index is 13.3. The van der Waals surface area contributed by atoms with Crippen molar-refractivity contribution >= 4 is 27.5 Å². The van der Waals surface area contributed by atoms with E-state index in [2.05, 4.69) is 15.4 Å². The summed E-state index contributed by atoms with van der Waals surface area (Å²) in [7, 11) is -3.98. The molecule has 2 aliphatic rings. The lowest BCUT2D eigenvalue weighted by Gasteiger charge is -2.25. The highest BCUT2D eigenvalue weighted by Gasteiger charge is 2.29. The molecule has 1 unspecified atom stereocenters. The zero-order valence-corrected chi connectivity index (χ0v) is 19.5. The highest BCUT2D eigenvalue weighted by atomic mass is 32.2. The number of rotatable bonds is 6.